The normalized spacial score (nSPS) is 19.0. The van der Waals surface area contributed by atoms with Gasteiger partial charge in [0.15, 0.2) is 0 Å². The van der Waals surface area contributed by atoms with Gasteiger partial charge in [-0.1, -0.05) is 66.2 Å². The van der Waals surface area contributed by atoms with E-state index in [1.807, 2.05) is 54.6 Å². The van der Waals surface area contributed by atoms with Crippen molar-refractivity contribution in [2.75, 3.05) is 0 Å². The van der Waals surface area contributed by atoms with Gasteiger partial charge in [-0.3, -0.25) is 0 Å². The first kappa shape index (κ1) is 18.2. The van der Waals surface area contributed by atoms with Crippen molar-refractivity contribution in [1.82, 2.24) is 4.72 Å². The Labute approximate surface area is 165 Å². The van der Waals surface area contributed by atoms with Crippen molar-refractivity contribution in [2.45, 2.75) is 23.8 Å². The Hall–Kier alpha value is -2.14. The summed E-state index contributed by atoms with van der Waals surface area (Å²) in [6.45, 7) is 0. The van der Waals surface area contributed by atoms with E-state index in [0.29, 0.717) is 15.8 Å². The average molecular weight is 398 g/mol. The van der Waals surface area contributed by atoms with Crippen LogP contribution in [0.25, 0.3) is 11.1 Å². The first-order valence-electron chi connectivity index (χ1n) is 8.93. The highest BCUT2D eigenvalue weighted by Gasteiger charge is 2.39. The van der Waals surface area contributed by atoms with Gasteiger partial charge in [0.05, 0.1) is 4.90 Å². The maximum atomic E-state index is 12.6. The van der Waals surface area contributed by atoms with Gasteiger partial charge < -0.3 is 0 Å². The van der Waals surface area contributed by atoms with Crippen molar-refractivity contribution in [2.24, 2.45) is 5.92 Å². The third-order valence-corrected chi connectivity index (χ3v) is 6.67. The third kappa shape index (κ3) is 4.41. The molecule has 1 aliphatic carbocycles. The van der Waals surface area contributed by atoms with E-state index in [1.54, 1.807) is 12.1 Å². The third-order valence-electron chi connectivity index (χ3n) is 4.91. The van der Waals surface area contributed by atoms with Crippen LogP contribution in [0.15, 0.2) is 83.8 Å². The zero-order valence-corrected chi connectivity index (χ0v) is 16.2. The molecular formula is C22H20ClNO2S. The van der Waals surface area contributed by atoms with E-state index in [9.17, 15) is 8.42 Å². The van der Waals surface area contributed by atoms with Crippen LogP contribution in [-0.4, -0.2) is 14.5 Å². The van der Waals surface area contributed by atoms with Crippen LogP contribution in [0.1, 0.15) is 12.0 Å². The summed E-state index contributed by atoms with van der Waals surface area (Å²) in [4.78, 5) is 0.297. The fraction of sp³-hybridized carbons (Fsp3) is 0.182. The average Bonchev–Trinajstić information content (AvgIpc) is 3.39. The standard InChI is InChI=1S/C22H20ClNO2S/c23-20-10-6-17(7-11-20)18-8-12-21(13-9-18)27(25,26)24-22-15-19(22)14-16-4-2-1-3-5-16/h1-13,19,22,24H,14-15H2/t19-,22-/m1/s1. The molecule has 5 heteroatoms. The predicted octanol–water partition coefficient (Wildman–Crippen LogP) is 4.92. The summed E-state index contributed by atoms with van der Waals surface area (Å²) in [5, 5.41) is 0.677. The molecule has 1 N–H and O–H groups in total. The first-order valence-corrected chi connectivity index (χ1v) is 10.8. The molecule has 0 aromatic heterocycles. The van der Waals surface area contributed by atoms with Gasteiger partial charge >= 0.3 is 0 Å². The largest absolute Gasteiger partial charge is 0.240 e. The molecule has 0 bridgehead atoms. The first-order chi connectivity index (χ1) is 13.0. The van der Waals surface area contributed by atoms with E-state index < -0.39 is 10.0 Å². The van der Waals surface area contributed by atoms with Crippen molar-refractivity contribution >= 4 is 21.6 Å². The van der Waals surface area contributed by atoms with E-state index in [2.05, 4.69) is 16.9 Å². The van der Waals surface area contributed by atoms with E-state index >= 15 is 0 Å². The van der Waals surface area contributed by atoms with Gasteiger partial charge in [0.25, 0.3) is 0 Å². The molecule has 0 amide bonds. The zero-order chi connectivity index (χ0) is 18.9. The Bertz CT molecular complexity index is 1020. The highest BCUT2D eigenvalue weighted by Crippen LogP contribution is 2.35. The highest BCUT2D eigenvalue weighted by molar-refractivity contribution is 7.89. The van der Waals surface area contributed by atoms with Crippen LogP contribution >= 0.6 is 11.6 Å². The molecule has 138 valence electrons. The lowest BCUT2D eigenvalue weighted by atomic mass is 10.1. The minimum Gasteiger partial charge on any atom is -0.208 e. The van der Waals surface area contributed by atoms with Gasteiger partial charge in [0.1, 0.15) is 0 Å². The number of benzene rings is 3. The number of hydrogen-bond acceptors (Lipinski definition) is 2. The molecule has 3 nitrogen and oxygen atoms in total. The van der Waals surface area contributed by atoms with Crippen LogP contribution < -0.4 is 4.72 Å². The van der Waals surface area contributed by atoms with Gasteiger partial charge in [0.2, 0.25) is 10.0 Å². The second kappa shape index (κ2) is 7.47. The summed E-state index contributed by atoms with van der Waals surface area (Å²) < 4.78 is 28.1. The fourth-order valence-electron chi connectivity index (χ4n) is 3.27. The molecule has 4 rings (SSSR count). The van der Waals surface area contributed by atoms with Crippen LogP contribution in [0.4, 0.5) is 0 Å². The molecule has 0 heterocycles. The van der Waals surface area contributed by atoms with Crippen LogP contribution in [0.2, 0.25) is 5.02 Å². The molecule has 3 aromatic carbocycles. The highest BCUT2D eigenvalue weighted by atomic mass is 35.5. The van der Waals surface area contributed by atoms with Gasteiger partial charge in [-0.2, -0.15) is 0 Å². The molecule has 27 heavy (non-hydrogen) atoms. The monoisotopic (exact) mass is 397 g/mol. The molecule has 1 fully saturated rings. The van der Waals surface area contributed by atoms with E-state index in [1.165, 1.54) is 5.56 Å². The Balaban J connectivity index is 1.41. The van der Waals surface area contributed by atoms with Crippen molar-refractivity contribution in [1.29, 1.82) is 0 Å². The second-order valence-corrected chi connectivity index (χ2v) is 9.09. The Morgan fingerprint density at radius 3 is 2.07 bits per heavy atom. The Morgan fingerprint density at radius 2 is 1.44 bits per heavy atom. The van der Waals surface area contributed by atoms with Gasteiger partial charge in [-0.25, -0.2) is 13.1 Å². The maximum absolute atomic E-state index is 12.6. The SMILES string of the molecule is O=S(=O)(N[C@@H]1C[C@H]1Cc1ccccc1)c1ccc(-c2ccc(Cl)cc2)cc1. The summed E-state index contributed by atoms with van der Waals surface area (Å²) in [5.41, 5.74) is 3.21. The topological polar surface area (TPSA) is 46.2 Å². The molecule has 2 atom stereocenters. The Kier molecular flexibility index (Phi) is 5.04. The molecule has 0 saturated heterocycles. The van der Waals surface area contributed by atoms with Crippen LogP contribution in [0.3, 0.4) is 0 Å². The number of hydrogen-bond donors (Lipinski definition) is 1. The summed E-state index contributed by atoms with van der Waals surface area (Å²) >= 11 is 5.91. The van der Waals surface area contributed by atoms with E-state index in [4.69, 9.17) is 11.6 Å². The molecule has 1 saturated carbocycles. The molecule has 0 radical (unpaired) electrons. The fourth-order valence-corrected chi connectivity index (χ4v) is 4.71. The number of sulfonamides is 1. The maximum Gasteiger partial charge on any atom is 0.240 e. The molecular weight excluding hydrogens is 378 g/mol. The summed E-state index contributed by atoms with van der Waals surface area (Å²) in [5.74, 6) is 0.371. The minimum absolute atomic E-state index is 0.0196. The number of nitrogens with one attached hydrogen (secondary N) is 1. The quantitative estimate of drug-likeness (QED) is 0.641. The lowest BCUT2D eigenvalue weighted by Crippen LogP contribution is -2.27. The van der Waals surface area contributed by atoms with Crippen molar-refractivity contribution in [3.8, 4) is 11.1 Å². The second-order valence-electron chi connectivity index (χ2n) is 6.94. The van der Waals surface area contributed by atoms with E-state index in [0.717, 1.165) is 24.0 Å². The minimum atomic E-state index is -3.50. The molecule has 1 aliphatic rings. The van der Waals surface area contributed by atoms with Crippen molar-refractivity contribution in [3.63, 3.8) is 0 Å². The van der Waals surface area contributed by atoms with Crippen molar-refractivity contribution < 1.29 is 8.42 Å². The van der Waals surface area contributed by atoms with Gasteiger partial charge in [-0.15, -0.1) is 0 Å². The number of halogens is 1. The molecule has 0 spiro atoms. The lowest BCUT2D eigenvalue weighted by Gasteiger charge is -2.08. The van der Waals surface area contributed by atoms with Crippen molar-refractivity contribution in [3.05, 3.63) is 89.4 Å². The lowest BCUT2D eigenvalue weighted by molar-refractivity contribution is 0.576. The van der Waals surface area contributed by atoms with Gasteiger partial charge in [0, 0.05) is 11.1 Å². The molecule has 0 unspecified atom stereocenters. The van der Waals surface area contributed by atoms with Gasteiger partial charge in [-0.05, 0) is 59.7 Å². The summed E-state index contributed by atoms with van der Waals surface area (Å²) in [6, 6.07) is 24.6. The van der Waals surface area contributed by atoms with Crippen LogP contribution in [0, 0.1) is 5.92 Å². The van der Waals surface area contributed by atoms with E-state index in [-0.39, 0.29) is 6.04 Å². The Morgan fingerprint density at radius 1 is 0.852 bits per heavy atom. The number of rotatable bonds is 6. The molecule has 3 aromatic rings. The van der Waals surface area contributed by atoms with Crippen LogP contribution in [-0.2, 0) is 16.4 Å². The zero-order valence-electron chi connectivity index (χ0n) is 14.7. The van der Waals surface area contributed by atoms with Crippen LogP contribution in [0.5, 0.6) is 0 Å². The molecule has 0 aliphatic heterocycles. The summed E-state index contributed by atoms with van der Waals surface area (Å²) in [7, 11) is -3.50. The predicted molar refractivity (Wildman–Crippen MR) is 109 cm³/mol. The summed E-state index contributed by atoms with van der Waals surface area (Å²) in [6.07, 6.45) is 1.79. The smallest absolute Gasteiger partial charge is 0.208 e.